The van der Waals surface area contributed by atoms with Crippen molar-refractivity contribution in [2.75, 3.05) is 19.7 Å². The lowest BCUT2D eigenvalue weighted by Gasteiger charge is -2.02. The minimum atomic E-state index is -1.19. The van der Waals surface area contributed by atoms with E-state index in [1.165, 1.54) is 38.5 Å². The predicted octanol–water partition coefficient (Wildman–Crippen LogP) is 0.928. The van der Waals surface area contributed by atoms with E-state index in [0.717, 1.165) is 13.0 Å². The molecule has 0 N–H and O–H groups in total. The average Bonchev–Trinajstić information content (AvgIpc) is 2.76. The molecule has 0 radical (unpaired) electrons. The summed E-state index contributed by atoms with van der Waals surface area (Å²) in [5.74, 6) is -1.17. The molecule has 0 aromatic rings. The standard InChI is InChI=1S/C13H23NO3/c1-2-3-4-5-6-7-8-9-14-10-11-17-12(14)13(15)16/h2-11H2,1H3. The van der Waals surface area contributed by atoms with Crippen molar-refractivity contribution in [3.8, 4) is 0 Å². The Hall–Kier alpha value is -1.06. The SMILES string of the molecule is CCCCCCCCC[N+]1=C(C(=O)[O-])OCC1. The molecule has 17 heavy (non-hydrogen) atoms. The van der Waals surface area contributed by atoms with E-state index < -0.39 is 5.97 Å². The smallest absolute Gasteiger partial charge is 0.386 e. The second-order valence-corrected chi connectivity index (χ2v) is 4.55. The lowest BCUT2D eigenvalue weighted by atomic mass is 10.1. The highest BCUT2D eigenvalue weighted by Crippen LogP contribution is 2.07. The third-order valence-electron chi connectivity index (χ3n) is 3.09. The van der Waals surface area contributed by atoms with Crippen LogP contribution in [0, 0.1) is 0 Å². The van der Waals surface area contributed by atoms with Crippen LogP contribution < -0.4 is 5.11 Å². The van der Waals surface area contributed by atoms with Gasteiger partial charge in [0.2, 0.25) is 0 Å². The summed E-state index contributed by atoms with van der Waals surface area (Å²) in [4.78, 5) is 10.7. The lowest BCUT2D eigenvalue weighted by Crippen LogP contribution is -2.36. The highest BCUT2D eigenvalue weighted by Gasteiger charge is 2.24. The molecule has 1 aliphatic rings. The maximum atomic E-state index is 10.7. The zero-order valence-corrected chi connectivity index (χ0v) is 10.7. The van der Waals surface area contributed by atoms with E-state index in [0.29, 0.717) is 13.2 Å². The molecule has 0 spiro atoms. The molecule has 0 aliphatic carbocycles. The molecule has 1 heterocycles. The van der Waals surface area contributed by atoms with Crippen molar-refractivity contribution < 1.29 is 19.2 Å². The number of hydrogen-bond donors (Lipinski definition) is 0. The van der Waals surface area contributed by atoms with E-state index >= 15 is 0 Å². The summed E-state index contributed by atoms with van der Waals surface area (Å²) in [5, 5.41) is 10.7. The summed E-state index contributed by atoms with van der Waals surface area (Å²) in [5.41, 5.74) is 0. The Kier molecular flexibility index (Phi) is 6.67. The van der Waals surface area contributed by atoms with Crippen LogP contribution in [0.5, 0.6) is 0 Å². The van der Waals surface area contributed by atoms with Crippen molar-refractivity contribution in [1.82, 2.24) is 0 Å². The van der Waals surface area contributed by atoms with Gasteiger partial charge in [0.15, 0.2) is 19.1 Å². The number of carbonyl (C=O) groups excluding carboxylic acids is 1. The highest BCUT2D eigenvalue weighted by molar-refractivity contribution is 6.28. The number of carboxylic acid groups (broad SMARTS) is 1. The van der Waals surface area contributed by atoms with Crippen LogP contribution in [0.2, 0.25) is 0 Å². The molecule has 0 unspecified atom stereocenters. The molecule has 1 aliphatic heterocycles. The highest BCUT2D eigenvalue weighted by atomic mass is 16.5. The maximum absolute atomic E-state index is 10.7. The van der Waals surface area contributed by atoms with Crippen LogP contribution >= 0.6 is 0 Å². The Balaban J connectivity index is 2.10. The van der Waals surface area contributed by atoms with Gasteiger partial charge in [0.1, 0.15) is 6.54 Å². The van der Waals surface area contributed by atoms with Crippen molar-refractivity contribution in [3.05, 3.63) is 0 Å². The van der Waals surface area contributed by atoms with E-state index in [-0.39, 0.29) is 5.90 Å². The number of hydrogen-bond acceptors (Lipinski definition) is 3. The van der Waals surface area contributed by atoms with Gasteiger partial charge in [0.25, 0.3) is 0 Å². The fraction of sp³-hybridized carbons (Fsp3) is 0.846. The summed E-state index contributed by atoms with van der Waals surface area (Å²) in [7, 11) is 0. The van der Waals surface area contributed by atoms with Crippen molar-refractivity contribution in [2.45, 2.75) is 51.9 Å². The number of carbonyl (C=O) groups is 1. The molecule has 0 atom stereocenters. The normalized spacial score (nSPS) is 15.1. The Morgan fingerprint density at radius 2 is 1.88 bits per heavy atom. The van der Waals surface area contributed by atoms with E-state index in [4.69, 9.17) is 4.74 Å². The van der Waals surface area contributed by atoms with Gasteiger partial charge in [-0.3, -0.25) is 0 Å². The second kappa shape index (κ2) is 8.09. The summed E-state index contributed by atoms with van der Waals surface area (Å²) in [6.45, 7) is 4.14. The molecule has 0 saturated heterocycles. The molecule has 0 fully saturated rings. The Labute approximate surface area is 103 Å². The van der Waals surface area contributed by atoms with Gasteiger partial charge in [-0.15, -0.1) is 0 Å². The molecular formula is C13H23NO3. The van der Waals surface area contributed by atoms with Crippen LogP contribution in [0.4, 0.5) is 0 Å². The Morgan fingerprint density at radius 1 is 1.24 bits per heavy atom. The third-order valence-corrected chi connectivity index (χ3v) is 3.09. The largest absolute Gasteiger partial charge is 0.537 e. The maximum Gasteiger partial charge on any atom is 0.386 e. The predicted molar refractivity (Wildman–Crippen MR) is 64.0 cm³/mol. The minimum absolute atomic E-state index is 0.0241. The monoisotopic (exact) mass is 241 g/mol. The molecule has 0 saturated carbocycles. The fourth-order valence-corrected chi connectivity index (χ4v) is 2.11. The van der Waals surface area contributed by atoms with Crippen LogP contribution in [0.1, 0.15) is 51.9 Å². The van der Waals surface area contributed by atoms with Gasteiger partial charge < -0.3 is 14.6 Å². The van der Waals surface area contributed by atoms with Crippen LogP contribution in [0.3, 0.4) is 0 Å². The fourth-order valence-electron chi connectivity index (χ4n) is 2.11. The van der Waals surface area contributed by atoms with Crippen LogP contribution in [-0.2, 0) is 9.53 Å². The van der Waals surface area contributed by atoms with Crippen LogP contribution in [0.25, 0.3) is 0 Å². The zero-order valence-electron chi connectivity index (χ0n) is 10.7. The third kappa shape index (κ3) is 5.20. The van der Waals surface area contributed by atoms with Gasteiger partial charge in [-0.1, -0.05) is 39.0 Å². The number of rotatable bonds is 9. The first-order valence-electron chi connectivity index (χ1n) is 6.71. The average molecular weight is 241 g/mol. The lowest BCUT2D eigenvalue weighted by molar-refractivity contribution is -0.520. The summed E-state index contributed by atoms with van der Waals surface area (Å²) < 4.78 is 6.80. The zero-order chi connectivity index (χ0) is 12.5. The van der Waals surface area contributed by atoms with Gasteiger partial charge in [-0.05, 0) is 6.42 Å². The Bertz CT molecular complexity index is 274. The number of unbranched alkanes of at least 4 members (excludes halogenated alkanes) is 6. The van der Waals surface area contributed by atoms with Crippen LogP contribution in [0.15, 0.2) is 0 Å². The quantitative estimate of drug-likeness (QED) is 0.446. The van der Waals surface area contributed by atoms with Gasteiger partial charge in [-0.25, -0.2) is 0 Å². The van der Waals surface area contributed by atoms with Crippen molar-refractivity contribution in [2.24, 2.45) is 0 Å². The number of nitrogens with zero attached hydrogens (tertiary/aromatic N) is 1. The molecule has 0 amide bonds. The van der Waals surface area contributed by atoms with E-state index in [1.807, 2.05) is 0 Å². The summed E-state index contributed by atoms with van der Waals surface area (Å²) in [6.07, 6.45) is 8.65. The molecule has 0 aromatic heterocycles. The van der Waals surface area contributed by atoms with E-state index in [1.54, 1.807) is 4.58 Å². The summed E-state index contributed by atoms with van der Waals surface area (Å²) in [6, 6.07) is 0. The Morgan fingerprint density at radius 3 is 2.53 bits per heavy atom. The second-order valence-electron chi connectivity index (χ2n) is 4.55. The molecular weight excluding hydrogens is 218 g/mol. The first-order valence-corrected chi connectivity index (χ1v) is 6.71. The van der Waals surface area contributed by atoms with E-state index in [2.05, 4.69) is 6.92 Å². The number of aliphatic carboxylic acids is 1. The number of carboxylic acids is 1. The van der Waals surface area contributed by atoms with Crippen LogP contribution in [-0.4, -0.2) is 36.1 Å². The number of ether oxygens (including phenoxy) is 1. The van der Waals surface area contributed by atoms with Gasteiger partial charge in [0, 0.05) is 6.42 Å². The molecule has 0 aromatic carbocycles. The molecule has 0 bridgehead atoms. The first kappa shape index (κ1) is 14.0. The van der Waals surface area contributed by atoms with Gasteiger partial charge >= 0.3 is 5.90 Å². The molecule has 1 rings (SSSR count). The first-order chi connectivity index (χ1) is 8.25. The van der Waals surface area contributed by atoms with Gasteiger partial charge in [-0.2, -0.15) is 4.58 Å². The molecule has 4 heteroatoms. The van der Waals surface area contributed by atoms with Crippen molar-refractivity contribution in [1.29, 1.82) is 0 Å². The minimum Gasteiger partial charge on any atom is -0.537 e. The van der Waals surface area contributed by atoms with E-state index in [9.17, 15) is 9.90 Å². The topological polar surface area (TPSA) is 52.4 Å². The molecule has 4 nitrogen and oxygen atoms in total. The molecule has 98 valence electrons. The summed E-state index contributed by atoms with van der Waals surface area (Å²) >= 11 is 0. The van der Waals surface area contributed by atoms with Gasteiger partial charge in [0.05, 0.1) is 0 Å². The van der Waals surface area contributed by atoms with Crippen molar-refractivity contribution in [3.63, 3.8) is 0 Å². The van der Waals surface area contributed by atoms with Crippen molar-refractivity contribution >= 4 is 11.9 Å².